The van der Waals surface area contributed by atoms with Crippen LogP contribution in [0.25, 0.3) is 0 Å². The van der Waals surface area contributed by atoms with E-state index >= 15 is 0 Å². The fourth-order valence-electron chi connectivity index (χ4n) is 2.01. The van der Waals surface area contributed by atoms with Crippen molar-refractivity contribution in [1.82, 2.24) is 10.6 Å². The van der Waals surface area contributed by atoms with Crippen molar-refractivity contribution < 1.29 is 10.2 Å². The average molecular weight is 365 g/mol. The molecule has 0 spiro atoms. The Morgan fingerprint density at radius 1 is 0.667 bits per heavy atom. The molecule has 0 saturated heterocycles. The van der Waals surface area contributed by atoms with E-state index in [1.54, 1.807) is 21.6 Å². The minimum Gasteiger partial charge on any atom is -0.378 e. The van der Waals surface area contributed by atoms with Gasteiger partial charge in [-0.2, -0.15) is 0 Å². The SMILES string of the molecule is OC(CSSCC(O)NCc1ccccc1)NCc1ccccc1. The smallest absolute Gasteiger partial charge is 0.115 e. The molecule has 6 heteroatoms. The van der Waals surface area contributed by atoms with Gasteiger partial charge in [0, 0.05) is 24.6 Å². The highest BCUT2D eigenvalue weighted by Gasteiger charge is 2.07. The maximum Gasteiger partial charge on any atom is 0.115 e. The van der Waals surface area contributed by atoms with Crippen LogP contribution in [0.5, 0.6) is 0 Å². The van der Waals surface area contributed by atoms with E-state index < -0.39 is 12.5 Å². The summed E-state index contributed by atoms with van der Waals surface area (Å²) in [5, 5.41) is 26.0. The molecule has 130 valence electrons. The quantitative estimate of drug-likeness (QED) is 0.279. The Balaban J connectivity index is 1.50. The van der Waals surface area contributed by atoms with Gasteiger partial charge in [-0.3, -0.25) is 10.6 Å². The largest absolute Gasteiger partial charge is 0.378 e. The number of aliphatic hydroxyl groups excluding tert-OH is 2. The summed E-state index contributed by atoms with van der Waals surface area (Å²) in [7, 11) is 3.10. The van der Waals surface area contributed by atoms with Crippen molar-refractivity contribution >= 4 is 21.6 Å². The molecule has 2 atom stereocenters. The summed E-state index contributed by atoms with van der Waals surface area (Å²) < 4.78 is 0. The monoisotopic (exact) mass is 364 g/mol. The first-order valence-corrected chi connectivity index (χ1v) is 10.4. The van der Waals surface area contributed by atoms with Crippen molar-refractivity contribution in [3.05, 3.63) is 71.8 Å². The van der Waals surface area contributed by atoms with Crippen LogP contribution in [0.1, 0.15) is 11.1 Å². The molecule has 0 radical (unpaired) electrons. The molecule has 0 amide bonds. The Hall–Kier alpha value is -1.02. The number of hydrogen-bond donors (Lipinski definition) is 4. The number of nitrogens with one attached hydrogen (secondary N) is 2. The van der Waals surface area contributed by atoms with Crippen LogP contribution in [0.2, 0.25) is 0 Å². The molecule has 0 aliphatic carbocycles. The van der Waals surface area contributed by atoms with E-state index in [1.165, 1.54) is 0 Å². The predicted molar refractivity (Wildman–Crippen MR) is 103 cm³/mol. The zero-order valence-corrected chi connectivity index (χ0v) is 15.1. The van der Waals surface area contributed by atoms with E-state index in [4.69, 9.17) is 0 Å². The van der Waals surface area contributed by atoms with E-state index in [0.29, 0.717) is 24.6 Å². The van der Waals surface area contributed by atoms with Crippen molar-refractivity contribution in [1.29, 1.82) is 0 Å². The van der Waals surface area contributed by atoms with Crippen LogP contribution in [0, 0.1) is 0 Å². The molecule has 0 fully saturated rings. The minimum absolute atomic E-state index is 0.558. The van der Waals surface area contributed by atoms with Gasteiger partial charge in [-0.15, -0.1) is 0 Å². The fourth-order valence-corrected chi connectivity index (χ4v) is 4.04. The van der Waals surface area contributed by atoms with Gasteiger partial charge in [-0.05, 0) is 11.1 Å². The van der Waals surface area contributed by atoms with Gasteiger partial charge in [-0.25, -0.2) is 0 Å². The molecular formula is C18H24N2O2S2. The van der Waals surface area contributed by atoms with Crippen LogP contribution in [0.4, 0.5) is 0 Å². The lowest BCUT2D eigenvalue weighted by Crippen LogP contribution is -2.31. The standard InChI is InChI=1S/C18H24N2O2S2/c21-17(19-11-15-7-3-1-4-8-15)13-23-24-14-18(22)20-12-16-9-5-2-6-10-16/h1-10,17-22H,11-14H2. The summed E-state index contributed by atoms with van der Waals surface area (Å²) in [6, 6.07) is 20.0. The van der Waals surface area contributed by atoms with Crippen molar-refractivity contribution in [2.45, 2.75) is 25.5 Å². The molecule has 2 aromatic carbocycles. The van der Waals surface area contributed by atoms with E-state index in [0.717, 1.165) is 11.1 Å². The third-order valence-corrected chi connectivity index (χ3v) is 5.69. The third kappa shape index (κ3) is 8.19. The molecular weight excluding hydrogens is 340 g/mol. The highest BCUT2D eigenvalue weighted by Crippen LogP contribution is 2.22. The van der Waals surface area contributed by atoms with Gasteiger partial charge in [0.1, 0.15) is 12.5 Å². The Bertz CT molecular complexity index is 506. The normalized spacial score (nSPS) is 13.6. The second-order valence-corrected chi connectivity index (χ2v) is 7.89. The lowest BCUT2D eigenvalue weighted by atomic mass is 10.2. The van der Waals surface area contributed by atoms with Gasteiger partial charge >= 0.3 is 0 Å². The molecule has 2 rings (SSSR count). The molecule has 2 aromatic rings. The number of hydrogen-bond acceptors (Lipinski definition) is 6. The van der Waals surface area contributed by atoms with Crippen LogP contribution < -0.4 is 10.6 Å². The molecule has 24 heavy (non-hydrogen) atoms. The number of rotatable bonds is 11. The maximum atomic E-state index is 9.90. The summed E-state index contributed by atoms with van der Waals surface area (Å²) in [6.07, 6.45) is -1.12. The Labute approximate surface area is 151 Å². The van der Waals surface area contributed by atoms with Gasteiger partial charge < -0.3 is 10.2 Å². The molecule has 0 aromatic heterocycles. The first-order chi connectivity index (χ1) is 11.7. The van der Waals surface area contributed by atoms with E-state index in [-0.39, 0.29) is 0 Å². The lowest BCUT2D eigenvalue weighted by molar-refractivity contribution is 0.158. The average Bonchev–Trinajstić information content (AvgIpc) is 2.63. The molecule has 0 aliphatic heterocycles. The first kappa shape index (κ1) is 19.3. The highest BCUT2D eigenvalue weighted by molar-refractivity contribution is 8.76. The van der Waals surface area contributed by atoms with Crippen LogP contribution in [-0.2, 0) is 13.1 Å². The first-order valence-electron chi connectivity index (χ1n) is 7.89. The van der Waals surface area contributed by atoms with Crippen molar-refractivity contribution in [3.8, 4) is 0 Å². The Kier molecular flexibility index (Phi) is 9.27. The van der Waals surface area contributed by atoms with Crippen LogP contribution >= 0.6 is 21.6 Å². The molecule has 0 saturated carbocycles. The van der Waals surface area contributed by atoms with Gasteiger partial charge in [0.05, 0.1) is 0 Å². The molecule has 0 bridgehead atoms. The van der Waals surface area contributed by atoms with Crippen LogP contribution in [-0.4, -0.2) is 34.2 Å². The second kappa shape index (κ2) is 11.5. The van der Waals surface area contributed by atoms with Crippen LogP contribution in [0.3, 0.4) is 0 Å². The zero-order valence-electron chi connectivity index (χ0n) is 13.5. The maximum absolute atomic E-state index is 9.90. The molecule has 2 unspecified atom stereocenters. The van der Waals surface area contributed by atoms with E-state index in [1.807, 2.05) is 60.7 Å². The number of benzene rings is 2. The molecule has 4 nitrogen and oxygen atoms in total. The van der Waals surface area contributed by atoms with Crippen molar-refractivity contribution in [2.24, 2.45) is 0 Å². The second-order valence-electron chi connectivity index (χ2n) is 5.33. The highest BCUT2D eigenvalue weighted by atomic mass is 33.1. The lowest BCUT2D eigenvalue weighted by Gasteiger charge is -2.14. The summed E-state index contributed by atoms with van der Waals surface area (Å²) in [4.78, 5) is 0. The number of aliphatic hydroxyl groups is 2. The minimum atomic E-state index is -0.558. The molecule has 4 N–H and O–H groups in total. The van der Waals surface area contributed by atoms with E-state index in [2.05, 4.69) is 10.6 Å². The van der Waals surface area contributed by atoms with Crippen LogP contribution in [0.15, 0.2) is 60.7 Å². The topological polar surface area (TPSA) is 64.5 Å². The van der Waals surface area contributed by atoms with Gasteiger partial charge in [-0.1, -0.05) is 82.3 Å². The van der Waals surface area contributed by atoms with Gasteiger partial charge in [0.2, 0.25) is 0 Å². The molecule has 0 heterocycles. The van der Waals surface area contributed by atoms with Crippen molar-refractivity contribution in [2.75, 3.05) is 11.5 Å². The van der Waals surface area contributed by atoms with Gasteiger partial charge in [0.25, 0.3) is 0 Å². The summed E-state index contributed by atoms with van der Waals surface area (Å²) in [5.41, 5.74) is 2.30. The zero-order chi connectivity index (χ0) is 17.0. The summed E-state index contributed by atoms with van der Waals surface area (Å²) >= 11 is 0. The Morgan fingerprint density at radius 3 is 1.42 bits per heavy atom. The predicted octanol–water partition coefficient (Wildman–Crippen LogP) is 2.58. The summed E-state index contributed by atoms with van der Waals surface area (Å²) in [6.45, 7) is 1.29. The third-order valence-electron chi connectivity index (χ3n) is 3.30. The molecule has 0 aliphatic rings. The van der Waals surface area contributed by atoms with Gasteiger partial charge in [0.15, 0.2) is 0 Å². The Morgan fingerprint density at radius 2 is 1.04 bits per heavy atom. The van der Waals surface area contributed by atoms with E-state index in [9.17, 15) is 10.2 Å². The van der Waals surface area contributed by atoms with Crippen molar-refractivity contribution in [3.63, 3.8) is 0 Å². The summed E-state index contributed by atoms with van der Waals surface area (Å²) in [5.74, 6) is 1.14. The fraction of sp³-hybridized carbons (Fsp3) is 0.333.